The van der Waals surface area contributed by atoms with Crippen LogP contribution in [0.5, 0.6) is 0 Å². The predicted octanol–water partition coefficient (Wildman–Crippen LogP) is 4.63. The zero-order valence-corrected chi connectivity index (χ0v) is 11.6. The van der Waals surface area contributed by atoms with Crippen LogP contribution in [0.1, 0.15) is 11.1 Å². The van der Waals surface area contributed by atoms with Gasteiger partial charge in [0.1, 0.15) is 5.82 Å². The van der Waals surface area contributed by atoms with E-state index in [4.69, 9.17) is 23.2 Å². The summed E-state index contributed by atoms with van der Waals surface area (Å²) in [5.41, 5.74) is 1.85. The minimum atomic E-state index is -0.472. The van der Waals surface area contributed by atoms with Crippen molar-refractivity contribution in [1.82, 2.24) is 0 Å². The van der Waals surface area contributed by atoms with Crippen LogP contribution in [0.2, 0.25) is 10.0 Å². The smallest absolute Gasteiger partial charge is 0.256 e. The Hall–Kier alpha value is -1.84. The van der Waals surface area contributed by atoms with Crippen molar-refractivity contribution in [3.63, 3.8) is 0 Å². The summed E-state index contributed by atoms with van der Waals surface area (Å²) in [4.78, 5) is 12.0. The highest BCUT2D eigenvalue weighted by Crippen LogP contribution is 2.36. The van der Waals surface area contributed by atoms with Gasteiger partial charge >= 0.3 is 0 Å². The maximum atomic E-state index is 13.8. The normalized spacial score (nSPS) is 15.3. The summed E-state index contributed by atoms with van der Waals surface area (Å²) in [6.07, 6.45) is 1.45. The standard InChI is InChI=1S/C15H8Cl2FNO/c16-8-4-5-9-10(15(20)19-14(9)6-8)7-11-12(17)2-1-3-13(11)18/h1-7H,(H,19,20). The van der Waals surface area contributed by atoms with Gasteiger partial charge in [-0.25, -0.2) is 4.39 Å². The van der Waals surface area contributed by atoms with Gasteiger partial charge in [0.15, 0.2) is 0 Å². The minimum absolute atomic E-state index is 0.196. The van der Waals surface area contributed by atoms with Gasteiger partial charge in [0.2, 0.25) is 0 Å². The second kappa shape index (κ2) is 4.93. The number of hydrogen-bond acceptors (Lipinski definition) is 1. The van der Waals surface area contributed by atoms with Gasteiger partial charge in [-0.2, -0.15) is 0 Å². The molecule has 5 heteroatoms. The number of halogens is 3. The predicted molar refractivity (Wildman–Crippen MR) is 79.4 cm³/mol. The SMILES string of the molecule is O=C1Nc2cc(Cl)ccc2C1=Cc1c(F)cccc1Cl. The number of carbonyl (C=O) groups is 1. The number of carbonyl (C=O) groups excluding carboxylic acids is 1. The highest BCUT2D eigenvalue weighted by Gasteiger charge is 2.24. The highest BCUT2D eigenvalue weighted by molar-refractivity contribution is 6.38. The summed E-state index contributed by atoms with van der Waals surface area (Å²) in [5.74, 6) is -0.776. The van der Waals surface area contributed by atoms with Gasteiger partial charge in [-0.1, -0.05) is 35.3 Å². The van der Waals surface area contributed by atoms with Gasteiger partial charge in [0, 0.05) is 21.7 Å². The molecule has 0 spiro atoms. The maximum absolute atomic E-state index is 13.8. The van der Waals surface area contributed by atoms with Crippen molar-refractivity contribution in [2.45, 2.75) is 0 Å². The first-order chi connectivity index (χ1) is 9.56. The van der Waals surface area contributed by atoms with E-state index in [0.717, 1.165) is 0 Å². The molecule has 0 saturated carbocycles. The molecule has 0 bridgehead atoms. The summed E-state index contributed by atoms with van der Waals surface area (Å²) in [6.45, 7) is 0. The number of rotatable bonds is 1. The third-order valence-electron chi connectivity index (χ3n) is 3.05. The van der Waals surface area contributed by atoms with Crippen LogP contribution in [0, 0.1) is 5.82 Å². The monoisotopic (exact) mass is 307 g/mol. The highest BCUT2D eigenvalue weighted by atomic mass is 35.5. The molecule has 1 N–H and O–H groups in total. The Morgan fingerprint density at radius 2 is 1.95 bits per heavy atom. The molecule has 1 aliphatic rings. The molecular formula is C15H8Cl2FNO. The molecule has 20 heavy (non-hydrogen) atoms. The van der Waals surface area contributed by atoms with E-state index in [-0.39, 0.29) is 16.5 Å². The largest absolute Gasteiger partial charge is 0.321 e. The van der Waals surface area contributed by atoms with Crippen molar-refractivity contribution >= 4 is 46.4 Å². The summed E-state index contributed by atoms with van der Waals surface area (Å²) in [7, 11) is 0. The fourth-order valence-electron chi connectivity index (χ4n) is 2.10. The Bertz CT molecular complexity index is 735. The Kier molecular flexibility index (Phi) is 3.24. The van der Waals surface area contributed by atoms with Gasteiger partial charge < -0.3 is 5.32 Å². The molecular weight excluding hydrogens is 300 g/mol. The van der Waals surface area contributed by atoms with E-state index in [9.17, 15) is 9.18 Å². The topological polar surface area (TPSA) is 29.1 Å². The first-order valence-corrected chi connectivity index (χ1v) is 6.59. The van der Waals surface area contributed by atoms with E-state index in [1.165, 1.54) is 18.2 Å². The molecule has 2 aromatic rings. The maximum Gasteiger partial charge on any atom is 0.256 e. The number of benzene rings is 2. The summed E-state index contributed by atoms with van der Waals surface area (Å²) < 4.78 is 13.8. The molecule has 2 nitrogen and oxygen atoms in total. The third kappa shape index (κ3) is 2.19. The molecule has 0 atom stereocenters. The Labute approximate surface area is 124 Å². The molecule has 2 aromatic carbocycles. The molecule has 0 fully saturated rings. The summed E-state index contributed by atoms with van der Waals surface area (Å²) in [6, 6.07) is 9.44. The van der Waals surface area contributed by atoms with Crippen LogP contribution in [-0.2, 0) is 4.79 Å². The molecule has 100 valence electrons. The zero-order valence-electron chi connectivity index (χ0n) is 10.1. The molecule has 1 amide bonds. The number of anilines is 1. The number of hydrogen-bond donors (Lipinski definition) is 1. The number of fused-ring (bicyclic) bond motifs is 1. The van der Waals surface area contributed by atoms with Crippen LogP contribution in [0.25, 0.3) is 11.6 Å². The fraction of sp³-hybridized carbons (Fsp3) is 0. The lowest BCUT2D eigenvalue weighted by atomic mass is 10.0. The van der Waals surface area contributed by atoms with Crippen LogP contribution in [0.15, 0.2) is 36.4 Å². The van der Waals surface area contributed by atoms with Crippen molar-refractivity contribution in [1.29, 1.82) is 0 Å². The van der Waals surface area contributed by atoms with Gasteiger partial charge in [-0.3, -0.25) is 4.79 Å². The van der Waals surface area contributed by atoms with Crippen molar-refractivity contribution in [3.8, 4) is 0 Å². The lowest BCUT2D eigenvalue weighted by Gasteiger charge is -2.02. The average Bonchev–Trinajstić information content (AvgIpc) is 2.69. The molecule has 0 unspecified atom stereocenters. The lowest BCUT2D eigenvalue weighted by molar-refractivity contribution is -0.110. The molecule has 0 saturated heterocycles. The first-order valence-electron chi connectivity index (χ1n) is 5.83. The zero-order chi connectivity index (χ0) is 14.3. The van der Waals surface area contributed by atoms with Gasteiger partial charge in [-0.15, -0.1) is 0 Å². The molecule has 1 heterocycles. The van der Waals surface area contributed by atoms with E-state index in [2.05, 4.69) is 5.32 Å². The average molecular weight is 308 g/mol. The second-order valence-electron chi connectivity index (χ2n) is 4.34. The van der Waals surface area contributed by atoms with E-state index < -0.39 is 5.82 Å². The Balaban J connectivity index is 2.16. The van der Waals surface area contributed by atoms with E-state index in [1.54, 1.807) is 24.3 Å². The summed E-state index contributed by atoms with van der Waals surface area (Å²) in [5, 5.41) is 3.47. The Morgan fingerprint density at radius 3 is 2.70 bits per heavy atom. The van der Waals surface area contributed by atoms with Crippen molar-refractivity contribution in [2.75, 3.05) is 5.32 Å². The van der Waals surface area contributed by atoms with Gasteiger partial charge in [-0.05, 0) is 30.3 Å². The minimum Gasteiger partial charge on any atom is -0.321 e. The number of nitrogens with one attached hydrogen (secondary N) is 1. The van der Waals surface area contributed by atoms with Crippen molar-refractivity contribution < 1.29 is 9.18 Å². The molecule has 1 aliphatic heterocycles. The van der Waals surface area contributed by atoms with Crippen molar-refractivity contribution in [3.05, 3.63) is 63.4 Å². The number of amides is 1. The quantitative estimate of drug-likeness (QED) is 0.765. The van der Waals surface area contributed by atoms with E-state index in [1.807, 2.05) is 0 Å². The first kappa shape index (κ1) is 13.2. The van der Waals surface area contributed by atoms with E-state index >= 15 is 0 Å². The van der Waals surface area contributed by atoms with Crippen LogP contribution in [0.4, 0.5) is 10.1 Å². The van der Waals surface area contributed by atoms with Gasteiger partial charge in [0.25, 0.3) is 5.91 Å². The lowest BCUT2D eigenvalue weighted by Crippen LogP contribution is -2.03. The third-order valence-corrected chi connectivity index (χ3v) is 3.62. The van der Waals surface area contributed by atoms with Crippen LogP contribution in [0.3, 0.4) is 0 Å². The Morgan fingerprint density at radius 1 is 1.15 bits per heavy atom. The van der Waals surface area contributed by atoms with E-state index in [0.29, 0.717) is 21.8 Å². The molecule has 3 rings (SSSR count). The second-order valence-corrected chi connectivity index (χ2v) is 5.18. The molecule has 0 radical (unpaired) electrons. The molecule has 0 aromatic heterocycles. The van der Waals surface area contributed by atoms with Crippen LogP contribution < -0.4 is 5.32 Å². The molecule has 0 aliphatic carbocycles. The van der Waals surface area contributed by atoms with Crippen LogP contribution in [-0.4, -0.2) is 5.91 Å². The van der Waals surface area contributed by atoms with Crippen LogP contribution >= 0.6 is 23.2 Å². The fourth-order valence-corrected chi connectivity index (χ4v) is 2.49. The van der Waals surface area contributed by atoms with Crippen molar-refractivity contribution in [2.24, 2.45) is 0 Å². The summed E-state index contributed by atoms with van der Waals surface area (Å²) >= 11 is 11.8. The van der Waals surface area contributed by atoms with Gasteiger partial charge in [0.05, 0.1) is 10.7 Å².